The van der Waals surface area contributed by atoms with Crippen LogP contribution in [0.3, 0.4) is 0 Å². The van der Waals surface area contributed by atoms with E-state index in [2.05, 4.69) is 15.3 Å². The molecular formula is C19H20ClN3O2. The number of imidazole rings is 1. The molecule has 1 unspecified atom stereocenters. The molecule has 0 aliphatic carbocycles. The summed E-state index contributed by atoms with van der Waals surface area (Å²) >= 11 is 5.98. The largest absolute Gasteiger partial charge is 0.507 e. The molecule has 0 saturated heterocycles. The molecule has 0 aliphatic heterocycles. The minimum atomic E-state index is -1.56. The summed E-state index contributed by atoms with van der Waals surface area (Å²) in [6.45, 7) is 1.96. The van der Waals surface area contributed by atoms with Gasteiger partial charge in [-0.05, 0) is 25.1 Å². The van der Waals surface area contributed by atoms with Gasteiger partial charge in [-0.15, -0.1) is 0 Å². The molecule has 6 heteroatoms. The molecule has 0 amide bonds. The fourth-order valence-electron chi connectivity index (χ4n) is 2.92. The third kappa shape index (κ3) is 3.85. The molecule has 0 saturated carbocycles. The van der Waals surface area contributed by atoms with E-state index in [1.807, 2.05) is 6.92 Å². The Hall–Kier alpha value is -2.34. The Labute approximate surface area is 151 Å². The minimum Gasteiger partial charge on any atom is -0.507 e. The second-order valence-electron chi connectivity index (χ2n) is 6.06. The normalized spacial score (nSPS) is 14.8. The molecule has 0 radical (unpaired) electrons. The summed E-state index contributed by atoms with van der Waals surface area (Å²) in [7, 11) is 0. The number of phenolic OH excluding ortho intramolecular Hbond substituents is 1. The van der Waals surface area contributed by atoms with Gasteiger partial charge < -0.3 is 15.2 Å². The summed E-state index contributed by atoms with van der Waals surface area (Å²) in [6, 6.07) is 13.5. The molecular weight excluding hydrogens is 338 g/mol. The molecule has 1 heterocycles. The Kier molecular flexibility index (Phi) is 5.08. The predicted octanol–water partition coefficient (Wildman–Crippen LogP) is 3.18. The number of halogens is 1. The molecule has 0 bridgehead atoms. The molecule has 1 aromatic heterocycles. The zero-order valence-corrected chi connectivity index (χ0v) is 14.5. The van der Waals surface area contributed by atoms with Crippen LogP contribution in [-0.2, 0) is 12.1 Å². The van der Waals surface area contributed by atoms with Crippen LogP contribution in [0.15, 0.2) is 61.1 Å². The Morgan fingerprint density at radius 2 is 1.92 bits per heavy atom. The van der Waals surface area contributed by atoms with Gasteiger partial charge in [-0.1, -0.05) is 41.9 Å². The van der Waals surface area contributed by atoms with Gasteiger partial charge in [0, 0.05) is 40.5 Å². The van der Waals surface area contributed by atoms with Crippen molar-refractivity contribution in [3.8, 4) is 5.75 Å². The quantitative estimate of drug-likeness (QED) is 0.511. The number of para-hydroxylation sites is 1. The lowest BCUT2D eigenvalue weighted by Gasteiger charge is -2.34. The number of hydrogen-bond acceptors (Lipinski definition) is 4. The summed E-state index contributed by atoms with van der Waals surface area (Å²) in [5.74, 6) is 0.0150. The highest BCUT2D eigenvalue weighted by atomic mass is 35.5. The van der Waals surface area contributed by atoms with E-state index in [0.29, 0.717) is 22.6 Å². The van der Waals surface area contributed by atoms with Gasteiger partial charge in [0.05, 0.1) is 6.33 Å². The minimum absolute atomic E-state index is 0.0150. The van der Waals surface area contributed by atoms with Crippen molar-refractivity contribution >= 4 is 11.6 Å². The average Bonchev–Trinajstić information content (AvgIpc) is 3.08. The number of H-pyrrole nitrogens is 1. The maximum atomic E-state index is 11.5. The van der Waals surface area contributed by atoms with E-state index in [1.165, 1.54) is 0 Å². The molecule has 2 atom stereocenters. The lowest BCUT2D eigenvalue weighted by Crippen LogP contribution is -2.48. The third-order valence-electron chi connectivity index (χ3n) is 4.09. The molecule has 5 nitrogen and oxygen atoms in total. The Bertz CT molecular complexity index is 821. The number of benzene rings is 2. The van der Waals surface area contributed by atoms with Crippen molar-refractivity contribution in [2.24, 2.45) is 0 Å². The molecule has 25 heavy (non-hydrogen) atoms. The molecule has 0 fully saturated rings. The SMILES string of the molecule is C[C@H](Cc1cnc[nH]1)NC(O)(c1ccc(Cl)cc1)c1ccccc1O. The number of aliphatic hydroxyl groups is 1. The first-order chi connectivity index (χ1) is 12.0. The van der Waals surface area contributed by atoms with Gasteiger partial charge >= 0.3 is 0 Å². The summed E-state index contributed by atoms with van der Waals surface area (Å²) in [5, 5.41) is 25.6. The van der Waals surface area contributed by atoms with Crippen molar-refractivity contribution in [2.75, 3.05) is 0 Å². The van der Waals surface area contributed by atoms with E-state index in [4.69, 9.17) is 11.6 Å². The van der Waals surface area contributed by atoms with Gasteiger partial charge in [-0.3, -0.25) is 5.32 Å². The van der Waals surface area contributed by atoms with E-state index in [-0.39, 0.29) is 11.8 Å². The lowest BCUT2D eigenvalue weighted by molar-refractivity contribution is 0.0299. The van der Waals surface area contributed by atoms with Gasteiger partial charge in [-0.25, -0.2) is 4.98 Å². The maximum Gasteiger partial charge on any atom is 0.172 e. The van der Waals surface area contributed by atoms with Crippen LogP contribution >= 0.6 is 11.6 Å². The predicted molar refractivity (Wildman–Crippen MR) is 97.4 cm³/mol. The topological polar surface area (TPSA) is 81.2 Å². The van der Waals surface area contributed by atoms with Gasteiger partial charge in [0.1, 0.15) is 5.75 Å². The fraction of sp³-hybridized carbons (Fsp3) is 0.211. The number of phenols is 1. The highest BCUT2D eigenvalue weighted by Gasteiger charge is 2.35. The van der Waals surface area contributed by atoms with Crippen LogP contribution in [0.1, 0.15) is 23.7 Å². The molecule has 0 aliphatic rings. The van der Waals surface area contributed by atoms with Gasteiger partial charge in [0.25, 0.3) is 0 Å². The second-order valence-corrected chi connectivity index (χ2v) is 6.50. The van der Waals surface area contributed by atoms with E-state index in [9.17, 15) is 10.2 Å². The molecule has 0 spiro atoms. The fourth-order valence-corrected chi connectivity index (χ4v) is 3.05. The van der Waals surface area contributed by atoms with Crippen LogP contribution in [0.4, 0.5) is 0 Å². The van der Waals surface area contributed by atoms with Crippen LogP contribution < -0.4 is 5.32 Å². The Morgan fingerprint density at radius 3 is 2.56 bits per heavy atom. The van der Waals surface area contributed by atoms with E-state index in [0.717, 1.165) is 5.69 Å². The third-order valence-corrected chi connectivity index (χ3v) is 4.34. The number of aromatic amines is 1. The zero-order valence-electron chi connectivity index (χ0n) is 13.8. The van der Waals surface area contributed by atoms with Crippen LogP contribution in [0, 0.1) is 0 Å². The van der Waals surface area contributed by atoms with Gasteiger partial charge in [-0.2, -0.15) is 0 Å². The van der Waals surface area contributed by atoms with E-state index in [1.54, 1.807) is 61.1 Å². The standard InChI is InChI=1S/C19H20ClN3O2/c1-13(10-16-11-21-12-22-16)23-19(25,14-6-8-15(20)9-7-14)17-4-2-3-5-18(17)24/h2-9,11-13,23-25H,10H2,1H3,(H,21,22)/t13-,19?/m1/s1. The first-order valence-electron chi connectivity index (χ1n) is 8.01. The Balaban J connectivity index is 1.97. The first-order valence-corrected chi connectivity index (χ1v) is 8.38. The number of aromatic nitrogens is 2. The zero-order chi connectivity index (χ0) is 17.9. The monoisotopic (exact) mass is 357 g/mol. The summed E-state index contributed by atoms with van der Waals surface area (Å²) in [4.78, 5) is 7.06. The highest BCUT2D eigenvalue weighted by molar-refractivity contribution is 6.30. The molecule has 3 rings (SSSR count). The average molecular weight is 358 g/mol. The van der Waals surface area contributed by atoms with Crippen molar-refractivity contribution in [3.05, 3.63) is 82.9 Å². The highest BCUT2D eigenvalue weighted by Crippen LogP contribution is 2.34. The number of nitrogens with zero attached hydrogens (tertiary/aromatic N) is 1. The van der Waals surface area contributed by atoms with E-state index < -0.39 is 5.72 Å². The van der Waals surface area contributed by atoms with Crippen LogP contribution in [0.25, 0.3) is 0 Å². The maximum absolute atomic E-state index is 11.5. The van der Waals surface area contributed by atoms with Gasteiger partial charge in [0.15, 0.2) is 5.72 Å². The summed E-state index contributed by atoms with van der Waals surface area (Å²) in [5.41, 5.74) is 0.370. The van der Waals surface area contributed by atoms with Crippen LogP contribution in [-0.4, -0.2) is 26.2 Å². The molecule has 3 aromatic rings. The number of aromatic hydroxyl groups is 1. The molecule has 130 valence electrons. The van der Waals surface area contributed by atoms with Crippen LogP contribution in [0.2, 0.25) is 5.02 Å². The summed E-state index contributed by atoms with van der Waals surface area (Å²) < 4.78 is 0. The first kappa shape index (κ1) is 17.5. The molecule has 4 N–H and O–H groups in total. The van der Waals surface area contributed by atoms with Crippen molar-refractivity contribution in [1.29, 1.82) is 0 Å². The van der Waals surface area contributed by atoms with Crippen molar-refractivity contribution in [1.82, 2.24) is 15.3 Å². The molecule has 2 aromatic carbocycles. The van der Waals surface area contributed by atoms with Crippen molar-refractivity contribution in [3.63, 3.8) is 0 Å². The summed E-state index contributed by atoms with van der Waals surface area (Å²) in [6.07, 6.45) is 4.01. The van der Waals surface area contributed by atoms with Crippen LogP contribution in [0.5, 0.6) is 5.75 Å². The smallest absolute Gasteiger partial charge is 0.172 e. The lowest BCUT2D eigenvalue weighted by atomic mass is 9.92. The number of rotatable bonds is 6. The van der Waals surface area contributed by atoms with Crippen molar-refractivity contribution in [2.45, 2.75) is 25.1 Å². The Morgan fingerprint density at radius 1 is 1.20 bits per heavy atom. The second kappa shape index (κ2) is 7.27. The van der Waals surface area contributed by atoms with Crippen molar-refractivity contribution < 1.29 is 10.2 Å². The van der Waals surface area contributed by atoms with Gasteiger partial charge in [0.2, 0.25) is 0 Å². The number of hydrogen-bond donors (Lipinski definition) is 4. The van der Waals surface area contributed by atoms with E-state index >= 15 is 0 Å². The number of nitrogens with one attached hydrogen (secondary N) is 2.